The molecule has 0 spiro atoms. The highest BCUT2D eigenvalue weighted by Gasteiger charge is 2.23. The molecule has 1 heterocycles. The molecular weight excluding hydrogens is 264 g/mol. The Bertz CT molecular complexity index is 466. The number of carboxylic acids is 1. The van der Waals surface area contributed by atoms with Crippen molar-refractivity contribution in [2.75, 3.05) is 5.32 Å². The lowest BCUT2D eigenvalue weighted by Gasteiger charge is -2.20. The average Bonchev–Trinajstić information content (AvgIpc) is 2.98. The summed E-state index contributed by atoms with van der Waals surface area (Å²) in [6.07, 6.45) is 4.76. The topological polar surface area (TPSA) is 78.4 Å². The number of hydrogen-bond acceptors (Lipinski definition) is 3. The highest BCUT2D eigenvalue weighted by atomic mass is 32.1. The first-order chi connectivity index (χ1) is 9.08. The van der Waals surface area contributed by atoms with Gasteiger partial charge in [0.1, 0.15) is 5.00 Å². The van der Waals surface area contributed by atoms with Crippen LogP contribution >= 0.6 is 11.3 Å². The number of carbonyl (C=O) groups excluding carboxylic acids is 1. The largest absolute Gasteiger partial charge is 0.478 e. The van der Waals surface area contributed by atoms with Crippen LogP contribution in [0.3, 0.4) is 0 Å². The Labute approximate surface area is 116 Å². The molecule has 1 saturated carbocycles. The zero-order chi connectivity index (χ0) is 13.8. The number of hydrogen-bond donors (Lipinski definition) is 3. The molecule has 5 nitrogen and oxygen atoms in total. The van der Waals surface area contributed by atoms with Crippen LogP contribution < -0.4 is 10.6 Å². The van der Waals surface area contributed by atoms with Crippen LogP contribution in [0.4, 0.5) is 9.80 Å². The molecule has 2 rings (SSSR count). The summed E-state index contributed by atoms with van der Waals surface area (Å²) < 4.78 is 0. The van der Waals surface area contributed by atoms with Crippen molar-refractivity contribution >= 4 is 28.3 Å². The minimum absolute atomic E-state index is 0.121. The molecule has 1 aromatic heterocycles. The summed E-state index contributed by atoms with van der Waals surface area (Å²) in [6.45, 7) is 2.00. The van der Waals surface area contributed by atoms with Gasteiger partial charge in [-0.05, 0) is 37.1 Å². The Morgan fingerprint density at radius 1 is 1.42 bits per heavy atom. The minimum atomic E-state index is -1.03. The molecule has 1 aliphatic rings. The zero-order valence-corrected chi connectivity index (χ0v) is 11.6. The van der Waals surface area contributed by atoms with Crippen molar-refractivity contribution in [1.29, 1.82) is 0 Å². The summed E-state index contributed by atoms with van der Waals surface area (Å²) >= 11 is 1.21. The molecular formula is C13H18N2O3S. The van der Waals surface area contributed by atoms with E-state index in [4.69, 9.17) is 5.11 Å². The number of urea groups is 1. The summed E-state index contributed by atoms with van der Waals surface area (Å²) in [6, 6.07) is 1.28. The SMILES string of the molecule is C[C@@H](NC(=O)Nc1sccc1C(=O)O)C1CCCC1. The number of anilines is 1. The van der Waals surface area contributed by atoms with Gasteiger partial charge in [0, 0.05) is 6.04 Å². The molecule has 0 bridgehead atoms. The fraction of sp³-hybridized carbons (Fsp3) is 0.538. The standard InChI is InChI=1S/C13H18N2O3S/c1-8(9-4-2-3-5-9)14-13(18)15-11-10(12(16)17)6-7-19-11/h6-9H,2-5H2,1H3,(H,16,17)(H2,14,15,18)/t8-/m1/s1. The van der Waals surface area contributed by atoms with Crippen LogP contribution in [-0.4, -0.2) is 23.1 Å². The van der Waals surface area contributed by atoms with Crippen LogP contribution in [0.15, 0.2) is 11.4 Å². The highest BCUT2D eigenvalue weighted by molar-refractivity contribution is 7.14. The van der Waals surface area contributed by atoms with Crippen molar-refractivity contribution in [3.05, 3.63) is 17.0 Å². The maximum atomic E-state index is 11.8. The van der Waals surface area contributed by atoms with Gasteiger partial charge in [-0.25, -0.2) is 9.59 Å². The number of nitrogens with one attached hydrogen (secondary N) is 2. The number of amides is 2. The molecule has 2 amide bonds. The van der Waals surface area contributed by atoms with Gasteiger partial charge in [0.25, 0.3) is 0 Å². The average molecular weight is 282 g/mol. The first-order valence-electron chi connectivity index (χ1n) is 6.46. The molecule has 0 unspecified atom stereocenters. The van der Waals surface area contributed by atoms with Gasteiger partial charge in [0.05, 0.1) is 5.56 Å². The quantitative estimate of drug-likeness (QED) is 0.793. The van der Waals surface area contributed by atoms with E-state index in [9.17, 15) is 9.59 Å². The van der Waals surface area contributed by atoms with Gasteiger partial charge < -0.3 is 10.4 Å². The second-order valence-electron chi connectivity index (χ2n) is 4.90. The van der Waals surface area contributed by atoms with E-state index in [-0.39, 0.29) is 17.6 Å². The van der Waals surface area contributed by atoms with Gasteiger partial charge in [-0.3, -0.25) is 5.32 Å². The van der Waals surface area contributed by atoms with Crippen molar-refractivity contribution in [2.45, 2.75) is 38.6 Å². The van der Waals surface area contributed by atoms with Gasteiger partial charge in [-0.1, -0.05) is 12.8 Å². The molecule has 1 aromatic rings. The first kappa shape index (κ1) is 13.9. The molecule has 3 N–H and O–H groups in total. The first-order valence-corrected chi connectivity index (χ1v) is 7.34. The van der Waals surface area contributed by atoms with Crippen molar-refractivity contribution in [3.8, 4) is 0 Å². The van der Waals surface area contributed by atoms with Gasteiger partial charge >= 0.3 is 12.0 Å². The van der Waals surface area contributed by atoms with Crippen molar-refractivity contribution in [3.63, 3.8) is 0 Å². The fourth-order valence-electron chi connectivity index (χ4n) is 2.50. The molecule has 1 fully saturated rings. The Morgan fingerprint density at radius 3 is 2.74 bits per heavy atom. The number of carboxylic acid groups (broad SMARTS) is 1. The summed E-state index contributed by atoms with van der Waals surface area (Å²) in [5.74, 6) is -0.492. The van der Waals surface area contributed by atoms with Gasteiger partial charge in [0.15, 0.2) is 0 Å². The molecule has 0 aliphatic heterocycles. The molecule has 1 atom stereocenters. The molecule has 0 radical (unpaired) electrons. The van der Waals surface area contributed by atoms with Crippen molar-refractivity contribution < 1.29 is 14.7 Å². The summed E-state index contributed by atoms with van der Waals surface area (Å²) in [4.78, 5) is 22.8. The third-order valence-electron chi connectivity index (χ3n) is 3.59. The van der Waals surface area contributed by atoms with E-state index < -0.39 is 5.97 Å². The second kappa shape index (κ2) is 6.06. The zero-order valence-electron chi connectivity index (χ0n) is 10.8. The maximum Gasteiger partial charge on any atom is 0.338 e. The second-order valence-corrected chi connectivity index (χ2v) is 5.82. The maximum absolute atomic E-state index is 11.8. The van der Waals surface area contributed by atoms with E-state index in [0.29, 0.717) is 10.9 Å². The van der Waals surface area contributed by atoms with Crippen molar-refractivity contribution in [1.82, 2.24) is 5.32 Å². The lowest BCUT2D eigenvalue weighted by Crippen LogP contribution is -2.39. The van der Waals surface area contributed by atoms with Crippen LogP contribution in [0.2, 0.25) is 0 Å². The van der Waals surface area contributed by atoms with E-state index in [2.05, 4.69) is 10.6 Å². The summed E-state index contributed by atoms with van der Waals surface area (Å²) in [5.41, 5.74) is 0.133. The molecule has 6 heteroatoms. The summed E-state index contributed by atoms with van der Waals surface area (Å²) in [5, 5.41) is 16.5. The Balaban J connectivity index is 1.90. The van der Waals surface area contributed by atoms with Crippen LogP contribution in [0, 0.1) is 5.92 Å². The highest BCUT2D eigenvalue weighted by Crippen LogP contribution is 2.28. The third kappa shape index (κ3) is 3.47. The van der Waals surface area contributed by atoms with E-state index in [1.807, 2.05) is 6.92 Å². The molecule has 1 aliphatic carbocycles. The number of thiophene rings is 1. The minimum Gasteiger partial charge on any atom is -0.478 e. The fourth-order valence-corrected chi connectivity index (χ4v) is 3.27. The van der Waals surface area contributed by atoms with Crippen LogP contribution in [0.5, 0.6) is 0 Å². The van der Waals surface area contributed by atoms with Crippen molar-refractivity contribution in [2.24, 2.45) is 5.92 Å². The van der Waals surface area contributed by atoms with E-state index >= 15 is 0 Å². The molecule has 0 aromatic carbocycles. The van der Waals surface area contributed by atoms with Crippen LogP contribution in [-0.2, 0) is 0 Å². The summed E-state index contributed by atoms with van der Waals surface area (Å²) in [7, 11) is 0. The predicted molar refractivity (Wildman–Crippen MR) is 74.9 cm³/mol. The van der Waals surface area contributed by atoms with E-state index in [1.165, 1.54) is 30.2 Å². The lowest BCUT2D eigenvalue weighted by atomic mass is 10.0. The lowest BCUT2D eigenvalue weighted by molar-refractivity contribution is 0.0698. The van der Waals surface area contributed by atoms with Crippen LogP contribution in [0.25, 0.3) is 0 Å². The number of carbonyl (C=O) groups is 2. The number of rotatable bonds is 4. The smallest absolute Gasteiger partial charge is 0.338 e. The van der Waals surface area contributed by atoms with Gasteiger partial charge in [-0.15, -0.1) is 11.3 Å². The third-order valence-corrected chi connectivity index (χ3v) is 4.42. The van der Waals surface area contributed by atoms with Crippen LogP contribution in [0.1, 0.15) is 43.0 Å². The number of aromatic carboxylic acids is 1. The van der Waals surface area contributed by atoms with Gasteiger partial charge in [-0.2, -0.15) is 0 Å². The van der Waals surface area contributed by atoms with Gasteiger partial charge in [0.2, 0.25) is 0 Å². The molecule has 19 heavy (non-hydrogen) atoms. The normalized spacial score (nSPS) is 17.1. The Morgan fingerprint density at radius 2 is 2.11 bits per heavy atom. The van der Waals surface area contributed by atoms with E-state index in [1.54, 1.807) is 5.38 Å². The molecule has 0 saturated heterocycles. The predicted octanol–water partition coefficient (Wildman–Crippen LogP) is 3.15. The molecule has 104 valence electrons. The Kier molecular flexibility index (Phi) is 4.42. The monoisotopic (exact) mass is 282 g/mol. The van der Waals surface area contributed by atoms with E-state index in [0.717, 1.165) is 12.8 Å². The Hall–Kier alpha value is -1.56.